The molecule has 0 aliphatic rings. The van der Waals surface area contributed by atoms with E-state index >= 15 is 0 Å². The maximum absolute atomic E-state index is 14.3. The number of sulfonamides is 1. The lowest BCUT2D eigenvalue weighted by Crippen LogP contribution is -2.16. The van der Waals surface area contributed by atoms with Crippen molar-refractivity contribution < 1.29 is 22.0 Å². The Kier molecular flexibility index (Phi) is 5.62. The van der Waals surface area contributed by atoms with Crippen molar-refractivity contribution in [1.82, 2.24) is 0 Å². The van der Waals surface area contributed by atoms with Crippen LogP contribution < -0.4 is 10.0 Å². The van der Waals surface area contributed by atoms with Crippen LogP contribution >= 0.6 is 11.6 Å². The Hall–Kier alpha value is -2.97. The average molecular weight is 423 g/mol. The molecule has 1 amide bonds. The number of benzene rings is 3. The van der Waals surface area contributed by atoms with Crippen LogP contribution in [0.25, 0.3) is 0 Å². The van der Waals surface area contributed by atoms with Crippen LogP contribution in [-0.2, 0) is 10.0 Å². The molecule has 0 unspecified atom stereocenters. The van der Waals surface area contributed by atoms with Gasteiger partial charge >= 0.3 is 0 Å². The first kappa shape index (κ1) is 19.8. The summed E-state index contributed by atoms with van der Waals surface area (Å²) in [4.78, 5) is 11.7. The van der Waals surface area contributed by atoms with E-state index in [-0.39, 0.29) is 16.9 Å². The Bertz CT molecular complexity index is 1150. The van der Waals surface area contributed by atoms with E-state index in [0.29, 0.717) is 5.02 Å². The Morgan fingerprint density at radius 1 is 0.857 bits per heavy atom. The zero-order chi connectivity index (χ0) is 20.3. The quantitative estimate of drug-likeness (QED) is 0.627. The van der Waals surface area contributed by atoms with E-state index in [0.717, 1.165) is 24.3 Å². The van der Waals surface area contributed by atoms with Gasteiger partial charge in [0.05, 0.1) is 16.3 Å². The van der Waals surface area contributed by atoms with Crippen molar-refractivity contribution in [2.45, 2.75) is 4.90 Å². The number of para-hydroxylation sites is 1. The van der Waals surface area contributed by atoms with Crippen LogP contribution in [0.2, 0.25) is 5.02 Å². The fourth-order valence-corrected chi connectivity index (χ4v) is 3.61. The molecule has 0 aromatic heterocycles. The molecule has 0 bridgehead atoms. The predicted molar refractivity (Wildman–Crippen MR) is 103 cm³/mol. The van der Waals surface area contributed by atoms with Crippen LogP contribution in [0.3, 0.4) is 0 Å². The minimum absolute atomic E-state index is 0.213. The van der Waals surface area contributed by atoms with E-state index in [9.17, 15) is 22.0 Å². The molecule has 0 aliphatic heterocycles. The van der Waals surface area contributed by atoms with Crippen molar-refractivity contribution in [3.8, 4) is 0 Å². The summed E-state index contributed by atoms with van der Waals surface area (Å²) in [7, 11) is -4.22. The van der Waals surface area contributed by atoms with Gasteiger partial charge in [-0.1, -0.05) is 29.8 Å². The Balaban J connectivity index is 1.82. The Labute approximate surface area is 165 Å². The molecule has 9 heteroatoms. The molecular weight excluding hydrogens is 410 g/mol. The van der Waals surface area contributed by atoms with Gasteiger partial charge in [0.2, 0.25) is 0 Å². The van der Waals surface area contributed by atoms with Crippen LogP contribution in [0.4, 0.5) is 20.2 Å². The third kappa shape index (κ3) is 4.47. The Morgan fingerprint density at radius 3 is 2.29 bits per heavy atom. The van der Waals surface area contributed by atoms with E-state index in [1.54, 1.807) is 12.1 Å². The predicted octanol–water partition coefficient (Wildman–Crippen LogP) is 4.67. The van der Waals surface area contributed by atoms with E-state index < -0.39 is 32.5 Å². The van der Waals surface area contributed by atoms with Gasteiger partial charge in [-0.25, -0.2) is 17.2 Å². The molecule has 0 aliphatic carbocycles. The van der Waals surface area contributed by atoms with Crippen molar-refractivity contribution in [2.75, 3.05) is 10.0 Å². The summed E-state index contributed by atoms with van der Waals surface area (Å²) in [6.45, 7) is 0. The zero-order valence-corrected chi connectivity index (χ0v) is 15.7. The number of rotatable bonds is 5. The highest BCUT2D eigenvalue weighted by atomic mass is 35.5. The van der Waals surface area contributed by atoms with Crippen molar-refractivity contribution in [3.63, 3.8) is 0 Å². The van der Waals surface area contributed by atoms with Gasteiger partial charge in [0, 0.05) is 10.6 Å². The number of hydrogen-bond acceptors (Lipinski definition) is 3. The number of halogens is 3. The summed E-state index contributed by atoms with van der Waals surface area (Å²) in [6.07, 6.45) is 0. The number of amides is 1. The molecule has 0 saturated heterocycles. The van der Waals surface area contributed by atoms with Gasteiger partial charge in [-0.3, -0.25) is 9.52 Å². The summed E-state index contributed by atoms with van der Waals surface area (Å²) in [5, 5.41) is 2.68. The van der Waals surface area contributed by atoms with Crippen molar-refractivity contribution in [1.29, 1.82) is 0 Å². The van der Waals surface area contributed by atoms with Gasteiger partial charge in [-0.15, -0.1) is 0 Å². The highest BCUT2D eigenvalue weighted by Crippen LogP contribution is 2.23. The summed E-state index contributed by atoms with van der Waals surface area (Å²) in [6, 6.07) is 14.2. The molecule has 144 valence electrons. The van der Waals surface area contributed by atoms with Gasteiger partial charge in [0.25, 0.3) is 15.9 Å². The van der Waals surface area contributed by atoms with Crippen LogP contribution in [0, 0.1) is 11.6 Å². The minimum Gasteiger partial charge on any atom is -0.319 e. The third-order valence-corrected chi connectivity index (χ3v) is 5.30. The lowest BCUT2D eigenvalue weighted by Gasteiger charge is -2.11. The fraction of sp³-hybridized carbons (Fsp3) is 0. The number of carbonyl (C=O) groups is 1. The highest BCUT2D eigenvalue weighted by Gasteiger charge is 2.19. The van der Waals surface area contributed by atoms with Gasteiger partial charge in [0.1, 0.15) is 11.6 Å². The lowest BCUT2D eigenvalue weighted by molar-refractivity contribution is 0.102. The van der Waals surface area contributed by atoms with Gasteiger partial charge in [-0.2, -0.15) is 0 Å². The molecule has 3 aromatic rings. The highest BCUT2D eigenvalue weighted by molar-refractivity contribution is 7.92. The topological polar surface area (TPSA) is 75.3 Å². The molecule has 0 atom stereocenters. The molecular formula is C19H13ClF2N2O3S. The SMILES string of the molecule is O=C(Nc1ccc(S(=O)(=O)Nc2ccccc2F)cc1F)c1cccc(Cl)c1. The number of hydrogen-bond donors (Lipinski definition) is 2. The molecule has 5 nitrogen and oxygen atoms in total. The maximum atomic E-state index is 14.3. The normalized spacial score (nSPS) is 11.1. The second-order valence-electron chi connectivity index (χ2n) is 5.69. The summed E-state index contributed by atoms with van der Waals surface area (Å²) >= 11 is 5.82. The van der Waals surface area contributed by atoms with Crippen molar-refractivity contribution in [3.05, 3.63) is 89.0 Å². The largest absolute Gasteiger partial charge is 0.319 e. The van der Waals surface area contributed by atoms with E-state index in [4.69, 9.17) is 11.6 Å². The van der Waals surface area contributed by atoms with Gasteiger partial charge < -0.3 is 5.32 Å². The van der Waals surface area contributed by atoms with Crippen molar-refractivity contribution >= 4 is 38.9 Å². The van der Waals surface area contributed by atoms with E-state index in [2.05, 4.69) is 10.0 Å². The lowest BCUT2D eigenvalue weighted by atomic mass is 10.2. The number of nitrogens with one attached hydrogen (secondary N) is 2. The molecule has 28 heavy (non-hydrogen) atoms. The smallest absolute Gasteiger partial charge is 0.262 e. The Morgan fingerprint density at radius 2 is 1.61 bits per heavy atom. The molecule has 0 heterocycles. The first-order valence-electron chi connectivity index (χ1n) is 7.90. The molecule has 2 N–H and O–H groups in total. The monoisotopic (exact) mass is 422 g/mol. The van der Waals surface area contributed by atoms with Crippen LogP contribution in [0.15, 0.2) is 71.6 Å². The molecule has 0 saturated carbocycles. The van der Waals surface area contributed by atoms with Crippen LogP contribution in [0.1, 0.15) is 10.4 Å². The fourth-order valence-electron chi connectivity index (χ4n) is 2.34. The molecule has 3 aromatic carbocycles. The maximum Gasteiger partial charge on any atom is 0.262 e. The van der Waals surface area contributed by atoms with E-state index in [1.165, 1.54) is 30.3 Å². The molecule has 0 spiro atoms. The molecule has 3 rings (SSSR count). The summed E-state index contributed by atoms with van der Waals surface area (Å²) < 4.78 is 54.8. The summed E-state index contributed by atoms with van der Waals surface area (Å²) in [5.74, 6) is -2.34. The first-order chi connectivity index (χ1) is 13.3. The third-order valence-electron chi connectivity index (χ3n) is 3.70. The second-order valence-corrected chi connectivity index (χ2v) is 7.81. The molecule has 0 fully saturated rings. The van der Waals surface area contributed by atoms with Gasteiger partial charge in [0.15, 0.2) is 0 Å². The van der Waals surface area contributed by atoms with Crippen molar-refractivity contribution in [2.24, 2.45) is 0 Å². The first-order valence-corrected chi connectivity index (χ1v) is 9.76. The molecule has 0 radical (unpaired) electrons. The summed E-state index contributed by atoms with van der Waals surface area (Å²) in [5.41, 5.74) is -0.263. The second kappa shape index (κ2) is 7.95. The van der Waals surface area contributed by atoms with Crippen LogP contribution in [0.5, 0.6) is 0 Å². The number of anilines is 2. The zero-order valence-electron chi connectivity index (χ0n) is 14.1. The number of carbonyl (C=O) groups excluding carboxylic acids is 1. The van der Waals surface area contributed by atoms with E-state index in [1.807, 2.05) is 0 Å². The minimum atomic E-state index is -4.22. The standard InChI is InChI=1S/C19H13ClF2N2O3S/c20-13-5-3-4-12(10-13)19(25)23-17-9-8-14(11-16(17)22)28(26,27)24-18-7-2-1-6-15(18)21/h1-11,24H,(H,23,25). The van der Waals surface area contributed by atoms with Crippen LogP contribution in [-0.4, -0.2) is 14.3 Å². The average Bonchev–Trinajstić information content (AvgIpc) is 2.65. The van der Waals surface area contributed by atoms with Gasteiger partial charge in [-0.05, 0) is 48.5 Å².